The molecule has 0 aromatic heterocycles. The van der Waals surface area contributed by atoms with Gasteiger partial charge in [-0.3, -0.25) is 4.79 Å². The number of carbonyl (C=O) groups excluding carboxylic acids is 1. The molecule has 2 nitrogen and oxygen atoms in total. The average molecular weight is 348 g/mol. The quantitative estimate of drug-likeness (QED) is 0.502. The fourth-order valence-electron chi connectivity index (χ4n) is 1.22. The molecule has 1 atom stereocenters. The summed E-state index contributed by atoms with van der Waals surface area (Å²) in [5, 5.41) is 0. The maximum absolute atomic E-state index is 13.1. The predicted molar refractivity (Wildman–Crippen MR) is 55.9 cm³/mol. The number of esters is 1. The van der Waals surface area contributed by atoms with Crippen molar-refractivity contribution in [1.82, 2.24) is 0 Å². The minimum absolute atomic E-state index is 0.352. The van der Waals surface area contributed by atoms with Gasteiger partial charge in [-0.2, -0.15) is 30.7 Å². The Bertz CT molecular complexity index is 392. The van der Waals surface area contributed by atoms with E-state index in [0.717, 1.165) is 6.92 Å². The first kappa shape index (κ1) is 20.8. The molecule has 11 heteroatoms. The van der Waals surface area contributed by atoms with Crippen LogP contribution in [-0.2, 0) is 9.53 Å². The van der Waals surface area contributed by atoms with Crippen molar-refractivity contribution in [3.63, 3.8) is 0 Å². The summed E-state index contributed by atoms with van der Waals surface area (Å²) in [6.07, 6.45) is -12.3. The fourth-order valence-corrected chi connectivity index (χ4v) is 1.22. The van der Waals surface area contributed by atoms with Gasteiger partial charge in [0.2, 0.25) is 6.43 Å². The van der Waals surface area contributed by atoms with Crippen molar-refractivity contribution in [2.24, 2.45) is 5.41 Å². The normalized spacial score (nSPS) is 16.5. The van der Waals surface area contributed by atoms with Crippen LogP contribution in [0.3, 0.4) is 0 Å². The molecule has 0 fully saturated rings. The zero-order valence-corrected chi connectivity index (χ0v) is 11.4. The highest BCUT2D eigenvalue weighted by atomic mass is 19.4. The molecule has 0 rings (SSSR count). The number of ether oxygens (including phenoxy) is 1. The Labute approximate surface area is 119 Å². The summed E-state index contributed by atoms with van der Waals surface area (Å²) in [7, 11) is 0. The molecule has 0 aromatic rings. The molecule has 0 radical (unpaired) electrons. The van der Waals surface area contributed by atoms with Crippen molar-refractivity contribution in [2.45, 2.75) is 51.1 Å². The second kappa shape index (κ2) is 6.53. The van der Waals surface area contributed by atoms with Gasteiger partial charge in [-0.15, -0.1) is 0 Å². The summed E-state index contributed by atoms with van der Waals surface area (Å²) < 4.78 is 117. The Morgan fingerprint density at radius 2 is 1.45 bits per heavy atom. The van der Waals surface area contributed by atoms with E-state index in [1.54, 1.807) is 0 Å². The van der Waals surface area contributed by atoms with Crippen molar-refractivity contribution < 1.29 is 49.0 Å². The highest BCUT2D eigenvalue weighted by Crippen LogP contribution is 2.43. The molecule has 0 bridgehead atoms. The Kier molecular flexibility index (Phi) is 6.19. The van der Waals surface area contributed by atoms with E-state index in [-0.39, 0.29) is 0 Å². The summed E-state index contributed by atoms with van der Waals surface area (Å²) in [6, 6.07) is 0. The Morgan fingerprint density at radius 3 is 1.77 bits per heavy atom. The minimum atomic E-state index is -5.23. The van der Waals surface area contributed by atoms with Crippen LogP contribution in [0.5, 0.6) is 0 Å². The van der Waals surface area contributed by atoms with Gasteiger partial charge in [0.25, 0.3) is 0 Å². The van der Waals surface area contributed by atoms with E-state index in [4.69, 9.17) is 0 Å². The Morgan fingerprint density at radius 1 is 1.00 bits per heavy atom. The third-order valence-electron chi connectivity index (χ3n) is 3.11. The number of hydrogen-bond acceptors (Lipinski definition) is 2. The standard InChI is InChI=1S/C11H13F9O2/c1-3-8(2,11(18,19)20)7(21)22-5-10(16,17)9(14,15)4-6(12)13/h6H,3-5H2,1-2H3. The van der Waals surface area contributed by atoms with Crippen LogP contribution in [0, 0.1) is 5.41 Å². The zero-order valence-electron chi connectivity index (χ0n) is 11.4. The lowest BCUT2D eigenvalue weighted by Crippen LogP contribution is -2.49. The van der Waals surface area contributed by atoms with Crippen LogP contribution in [0.2, 0.25) is 0 Å². The Hall–Kier alpha value is -1.16. The molecule has 0 amide bonds. The van der Waals surface area contributed by atoms with E-state index >= 15 is 0 Å². The van der Waals surface area contributed by atoms with Crippen LogP contribution in [0.15, 0.2) is 0 Å². The van der Waals surface area contributed by atoms with Crippen LogP contribution in [0.25, 0.3) is 0 Å². The monoisotopic (exact) mass is 348 g/mol. The predicted octanol–water partition coefficient (Wildman–Crippen LogP) is 4.43. The lowest BCUT2D eigenvalue weighted by Gasteiger charge is -2.30. The van der Waals surface area contributed by atoms with Gasteiger partial charge in [0.1, 0.15) is 0 Å². The fraction of sp³-hybridized carbons (Fsp3) is 0.909. The molecule has 0 spiro atoms. The first-order chi connectivity index (χ1) is 9.60. The van der Waals surface area contributed by atoms with E-state index in [2.05, 4.69) is 4.74 Å². The van der Waals surface area contributed by atoms with Gasteiger partial charge in [0.05, 0.1) is 6.42 Å². The maximum atomic E-state index is 13.1. The summed E-state index contributed by atoms with van der Waals surface area (Å²) in [4.78, 5) is 11.3. The maximum Gasteiger partial charge on any atom is 0.404 e. The molecule has 0 aliphatic rings. The highest BCUT2D eigenvalue weighted by molar-refractivity contribution is 5.77. The molecule has 0 aliphatic heterocycles. The minimum Gasteiger partial charge on any atom is -0.458 e. The lowest BCUT2D eigenvalue weighted by molar-refractivity contribution is -0.257. The highest BCUT2D eigenvalue weighted by Gasteiger charge is 2.60. The summed E-state index contributed by atoms with van der Waals surface area (Å²) in [5.41, 5.74) is -3.17. The third-order valence-corrected chi connectivity index (χ3v) is 3.11. The molecule has 0 aromatic carbocycles. The van der Waals surface area contributed by atoms with Crippen molar-refractivity contribution >= 4 is 5.97 Å². The van der Waals surface area contributed by atoms with E-state index in [1.807, 2.05) is 0 Å². The summed E-state index contributed by atoms with van der Waals surface area (Å²) >= 11 is 0. The molecule has 0 N–H and O–H groups in total. The van der Waals surface area contributed by atoms with Crippen LogP contribution in [0.4, 0.5) is 39.5 Å². The van der Waals surface area contributed by atoms with Crippen molar-refractivity contribution in [3.05, 3.63) is 0 Å². The number of carbonyl (C=O) groups is 1. The van der Waals surface area contributed by atoms with E-state index in [0.29, 0.717) is 6.92 Å². The lowest BCUT2D eigenvalue weighted by atomic mass is 9.87. The van der Waals surface area contributed by atoms with E-state index in [1.165, 1.54) is 0 Å². The van der Waals surface area contributed by atoms with Gasteiger partial charge in [0.15, 0.2) is 12.0 Å². The molecule has 22 heavy (non-hydrogen) atoms. The zero-order chi connectivity index (χ0) is 18.0. The number of rotatable bonds is 7. The Balaban J connectivity index is 5.03. The van der Waals surface area contributed by atoms with Gasteiger partial charge in [0, 0.05) is 0 Å². The summed E-state index contributed by atoms with van der Waals surface area (Å²) in [5.74, 6) is -12.6. The van der Waals surface area contributed by atoms with Gasteiger partial charge in [-0.1, -0.05) is 6.92 Å². The van der Waals surface area contributed by atoms with Gasteiger partial charge < -0.3 is 4.74 Å². The second-order valence-corrected chi connectivity index (χ2v) is 4.76. The molecule has 0 saturated heterocycles. The van der Waals surface area contributed by atoms with Crippen LogP contribution in [0.1, 0.15) is 26.7 Å². The van der Waals surface area contributed by atoms with Crippen molar-refractivity contribution in [2.75, 3.05) is 6.61 Å². The molecule has 132 valence electrons. The van der Waals surface area contributed by atoms with Crippen LogP contribution in [-0.4, -0.2) is 37.0 Å². The van der Waals surface area contributed by atoms with E-state index in [9.17, 15) is 44.3 Å². The van der Waals surface area contributed by atoms with Crippen LogP contribution < -0.4 is 0 Å². The first-order valence-electron chi connectivity index (χ1n) is 5.88. The molecular formula is C11H13F9O2. The van der Waals surface area contributed by atoms with Gasteiger partial charge in [-0.25, -0.2) is 8.78 Å². The number of alkyl halides is 9. The largest absolute Gasteiger partial charge is 0.458 e. The second-order valence-electron chi connectivity index (χ2n) is 4.76. The van der Waals surface area contributed by atoms with Crippen LogP contribution >= 0.6 is 0 Å². The molecule has 1 unspecified atom stereocenters. The molecular weight excluding hydrogens is 335 g/mol. The summed E-state index contributed by atoms with van der Waals surface area (Å²) in [6.45, 7) is -1.17. The van der Waals surface area contributed by atoms with Crippen molar-refractivity contribution in [3.8, 4) is 0 Å². The topological polar surface area (TPSA) is 26.3 Å². The molecule has 0 heterocycles. The number of halogens is 9. The van der Waals surface area contributed by atoms with Gasteiger partial charge >= 0.3 is 24.0 Å². The molecule has 0 saturated carbocycles. The van der Waals surface area contributed by atoms with Gasteiger partial charge in [-0.05, 0) is 13.3 Å². The van der Waals surface area contributed by atoms with E-state index < -0.39 is 55.3 Å². The van der Waals surface area contributed by atoms with Crippen molar-refractivity contribution in [1.29, 1.82) is 0 Å². The first-order valence-corrected chi connectivity index (χ1v) is 5.88. The average Bonchev–Trinajstić information content (AvgIpc) is 2.31. The number of hydrogen-bond donors (Lipinski definition) is 0. The third kappa shape index (κ3) is 4.42. The molecule has 0 aliphatic carbocycles. The SMILES string of the molecule is CCC(C)(C(=O)OCC(F)(F)C(F)(F)CC(F)F)C(F)(F)F. The smallest absolute Gasteiger partial charge is 0.404 e.